The molecular formula is C15H21BrN2O3. The Hall–Kier alpha value is -0.980. The Balaban J connectivity index is 2.19. The molecule has 0 aromatic heterocycles. The van der Waals surface area contributed by atoms with Gasteiger partial charge in [0.05, 0.1) is 22.7 Å². The lowest BCUT2D eigenvalue weighted by atomic mass is 10.1. The van der Waals surface area contributed by atoms with E-state index in [1.807, 2.05) is 6.07 Å². The van der Waals surface area contributed by atoms with Crippen molar-refractivity contribution >= 4 is 21.6 Å². The van der Waals surface area contributed by atoms with Crippen molar-refractivity contribution < 1.29 is 9.66 Å². The first-order chi connectivity index (χ1) is 10.0. The first kappa shape index (κ1) is 16.4. The van der Waals surface area contributed by atoms with Crippen molar-refractivity contribution in [2.24, 2.45) is 0 Å². The van der Waals surface area contributed by atoms with E-state index in [1.54, 1.807) is 12.1 Å². The fourth-order valence-corrected chi connectivity index (χ4v) is 3.17. The van der Waals surface area contributed by atoms with E-state index < -0.39 is 0 Å². The molecule has 0 amide bonds. The molecule has 21 heavy (non-hydrogen) atoms. The summed E-state index contributed by atoms with van der Waals surface area (Å²) >= 11 is 3.44. The largest absolute Gasteiger partial charge is 0.372 e. The van der Waals surface area contributed by atoms with E-state index in [-0.39, 0.29) is 22.8 Å². The van der Waals surface area contributed by atoms with Crippen LogP contribution in [-0.2, 0) is 11.3 Å². The van der Waals surface area contributed by atoms with Crippen molar-refractivity contribution in [3.05, 3.63) is 38.3 Å². The molecule has 2 atom stereocenters. The Labute approximate surface area is 133 Å². The lowest BCUT2D eigenvalue weighted by molar-refractivity contribution is -0.385. The number of ether oxygens (including phenoxy) is 1. The van der Waals surface area contributed by atoms with Crippen molar-refractivity contribution in [3.8, 4) is 0 Å². The first-order valence-corrected chi connectivity index (χ1v) is 8.14. The number of morpholine rings is 1. The summed E-state index contributed by atoms with van der Waals surface area (Å²) in [5, 5.41) is 11.2. The zero-order valence-corrected chi connectivity index (χ0v) is 14.0. The maximum atomic E-state index is 11.2. The molecule has 2 unspecified atom stereocenters. The van der Waals surface area contributed by atoms with Crippen LogP contribution in [0.1, 0.15) is 32.3 Å². The quantitative estimate of drug-likeness (QED) is 0.595. The van der Waals surface area contributed by atoms with Crippen LogP contribution in [-0.4, -0.2) is 35.1 Å². The average molecular weight is 357 g/mol. The second-order valence-electron chi connectivity index (χ2n) is 5.39. The highest BCUT2D eigenvalue weighted by atomic mass is 79.9. The van der Waals surface area contributed by atoms with Crippen LogP contribution >= 0.6 is 15.9 Å². The molecule has 2 rings (SSSR count). The van der Waals surface area contributed by atoms with Crippen LogP contribution in [0, 0.1) is 10.1 Å². The van der Waals surface area contributed by atoms with Gasteiger partial charge in [-0.05, 0) is 18.9 Å². The van der Waals surface area contributed by atoms with Gasteiger partial charge in [0.25, 0.3) is 5.69 Å². The van der Waals surface area contributed by atoms with Gasteiger partial charge in [0.15, 0.2) is 0 Å². The summed E-state index contributed by atoms with van der Waals surface area (Å²) in [6, 6.07) is 5.13. The third kappa shape index (κ3) is 4.02. The highest BCUT2D eigenvalue weighted by Crippen LogP contribution is 2.29. The molecule has 1 aromatic carbocycles. The van der Waals surface area contributed by atoms with Gasteiger partial charge in [-0.1, -0.05) is 35.8 Å². The fourth-order valence-electron chi connectivity index (χ4n) is 2.69. The number of rotatable bonds is 5. The molecule has 0 spiro atoms. The van der Waals surface area contributed by atoms with Crippen LogP contribution in [0.5, 0.6) is 0 Å². The number of nitro groups is 1. The second kappa shape index (κ2) is 7.33. The van der Waals surface area contributed by atoms with Gasteiger partial charge in [0.1, 0.15) is 0 Å². The third-order valence-corrected chi connectivity index (χ3v) is 4.63. The van der Waals surface area contributed by atoms with E-state index in [2.05, 4.69) is 34.7 Å². The summed E-state index contributed by atoms with van der Waals surface area (Å²) in [6.07, 6.45) is 2.35. The van der Waals surface area contributed by atoms with E-state index in [4.69, 9.17) is 4.74 Å². The molecule has 1 aliphatic heterocycles. The number of halogens is 1. The lowest BCUT2D eigenvalue weighted by Gasteiger charge is -2.37. The maximum absolute atomic E-state index is 11.2. The van der Waals surface area contributed by atoms with Crippen LogP contribution in [0.3, 0.4) is 0 Å². The number of hydrogen-bond acceptors (Lipinski definition) is 4. The topological polar surface area (TPSA) is 55.6 Å². The smallest absolute Gasteiger partial charge is 0.275 e. The van der Waals surface area contributed by atoms with E-state index in [0.717, 1.165) is 36.0 Å². The molecule has 1 heterocycles. The number of nitro benzene ring substituents is 1. The van der Waals surface area contributed by atoms with Gasteiger partial charge in [0, 0.05) is 30.2 Å². The van der Waals surface area contributed by atoms with E-state index >= 15 is 0 Å². The van der Waals surface area contributed by atoms with Gasteiger partial charge in [-0.15, -0.1) is 0 Å². The number of nitrogens with zero attached hydrogens (tertiary/aromatic N) is 2. The Morgan fingerprint density at radius 1 is 1.33 bits per heavy atom. The molecule has 0 aliphatic carbocycles. The standard InChI is InChI=1S/C15H21BrN2O3/c1-3-11-8-17(9-12(4-2)21-11)10-13-14(16)6-5-7-15(13)18(19)20/h5-7,11-12H,3-4,8-10H2,1-2H3. The van der Waals surface area contributed by atoms with Crippen molar-refractivity contribution in [3.63, 3.8) is 0 Å². The number of benzene rings is 1. The molecule has 1 fully saturated rings. The molecule has 0 bridgehead atoms. The van der Waals surface area contributed by atoms with Gasteiger partial charge in [0.2, 0.25) is 0 Å². The molecule has 6 heteroatoms. The van der Waals surface area contributed by atoms with Crippen LogP contribution in [0.15, 0.2) is 22.7 Å². The molecule has 5 nitrogen and oxygen atoms in total. The molecule has 0 radical (unpaired) electrons. The minimum Gasteiger partial charge on any atom is -0.372 e. The third-order valence-electron chi connectivity index (χ3n) is 3.89. The summed E-state index contributed by atoms with van der Waals surface area (Å²) in [6.45, 7) is 6.45. The van der Waals surface area contributed by atoms with Crippen LogP contribution in [0.25, 0.3) is 0 Å². The zero-order chi connectivity index (χ0) is 15.4. The van der Waals surface area contributed by atoms with Crippen molar-refractivity contribution in [1.29, 1.82) is 0 Å². The highest BCUT2D eigenvalue weighted by molar-refractivity contribution is 9.10. The summed E-state index contributed by atoms with van der Waals surface area (Å²) in [5.41, 5.74) is 0.922. The first-order valence-electron chi connectivity index (χ1n) is 7.34. The normalized spacial score (nSPS) is 23.2. The van der Waals surface area contributed by atoms with Gasteiger partial charge in [-0.25, -0.2) is 0 Å². The lowest BCUT2D eigenvalue weighted by Crippen LogP contribution is -2.46. The molecule has 0 N–H and O–H groups in total. The summed E-state index contributed by atoms with van der Waals surface area (Å²) < 4.78 is 6.77. The Bertz CT molecular complexity index is 498. The van der Waals surface area contributed by atoms with Crippen molar-refractivity contribution in [2.45, 2.75) is 45.4 Å². The summed E-state index contributed by atoms with van der Waals surface area (Å²) in [4.78, 5) is 13.2. The molecular weight excluding hydrogens is 336 g/mol. The molecule has 0 saturated carbocycles. The Kier molecular flexibility index (Phi) is 5.72. The van der Waals surface area contributed by atoms with E-state index in [9.17, 15) is 10.1 Å². The molecule has 1 aromatic rings. The van der Waals surface area contributed by atoms with Gasteiger partial charge < -0.3 is 4.74 Å². The summed E-state index contributed by atoms with van der Waals surface area (Å²) in [5.74, 6) is 0. The van der Waals surface area contributed by atoms with Crippen LogP contribution < -0.4 is 0 Å². The number of hydrogen-bond donors (Lipinski definition) is 0. The van der Waals surface area contributed by atoms with Gasteiger partial charge in [-0.2, -0.15) is 0 Å². The molecule has 1 aliphatic rings. The predicted octanol–water partition coefficient (Wildman–Crippen LogP) is 3.75. The average Bonchev–Trinajstić information content (AvgIpc) is 2.48. The summed E-state index contributed by atoms with van der Waals surface area (Å²) in [7, 11) is 0. The van der Waals surface area contributed by atoms with Crippen LogP contribution in [0.4, 0.5) is 5.69 Å². The Morgan fingerprint density at radius 2 is 1.95 bits per heavy atom. The molecule has 116 valence electrons. The fraction of sp³-hybridized carbons (Fsp3) is 0.600. The maximum Gasteiger partial charge on any atom is 0.275 e. The minimum atomic E-state index is -0.310. The highest BCUT2D eigenvalue weighted by Gasteiger charge is 2.28. The minimum absolute atomic E-state index is 0.178. The molecule has 1 saturated heterocycles. The SMILES string of the molecule is CCC1CN(Cc2c(Br)cccc2[N+](=O)[O-])CC(CC)O1. The zero-order valence-electron chi connectivity index (χ0n) is 12.4. The Morgan fingerprint density at radius 3 is 2.48 bits per heavy atom. The van der Waals surface area contributed by atoms with Crippen molar-refractivity contribution in [2.75, 3.05) is 13.1 Å². The predicted molar refractivity (Wildman–Crippen MR) is 85.3 cm³/mol. The van der Waals surface area contributed by atoms with Crippen molar-refractivity contribution in [1.82, 2.24) is 4.90 Å². The second-order valence-corrected chi connectivity index (χ2v) is 6.24. The van der Waals surface area contributed by atoms with E-state index in [0.29, 0.717) is 6.54 Å². The van der Waals surface area contributed by atoms with Crippen LogP contribution in [0.2, 0.25) is 0 Å². The van der Waals surface area contributed by atoms with Gasteiger partial charge >= 0.3 is 0 Å². The van der Waals surface area contributed by atoms with Gasteiger partial charge in [-0.3, -0.25) is 15.0 Å². The van der Waals surface area contributed by atoms with E-state index in [1.165, 1.54) is 0 Å². The monoisotopic (exact) mass is 356 g/mol.